The Labute approximate surface area is 110 Å². The van der Waals surface area contributed by atoms with Crippen molar-refractivity contribution in [2.24, 2.45) is 5.92 Å². The normalized spacial score (nSPS) is 22.1. The van der Waals surface area contributed by atoms with Crippen LogP contribution < -0.4 is 10.6 Å². The third-order valence-electron chi connectivity index (χ3n) is 3.19. The van der Waals surface area contributed by atoms with E-state index in [1.165, 1.54) is 14.0 Å². The lowest BCUT2D eigenvalue weighted by Crippen LogP contribution is -2.50. The van der Waals surface area contributed by atoms with Crippen molar-refractivity contribution in [2.75, 3.05) is 7.05 Å². The molecule has 0 saturated carbocycles. The van der Waals surface area contributed by atoms with Gasteiger partial charge in [-0.1, -0.05) is 0 Å². The summed E-state index contributed by atoms with van der Waals surface area (Å²) in [4.78, 5) is 46.1. The first kappa shape index (κ1) is 14.9. The van der Waals surface area contributed by atoms with E-state index in [-0.39, 0.29) is 12.3 Å². The molecule has 3 unspecified atom stereocenters. The van der Waals surface area contributed by atoms with Gasteiger partial charge in [-0.3, -0.25) is 19.3 Å². The molecule has 1 rings (SSSR count). The number of aliphatic carboxylic acids is 1. The molecule has 0 aromatic carbocycles. The Hall–Kier alpha value is -2.12. The number of rotatable bonds is 4. The van der Waals surface area contributed by atoms with Gasteiger partial charge in [0.25, 0.3) is 5.91 Å². The summed E-state index contributed by atoms with van der Waals surface area (Å²) in [5.41, 5.74) is 0. The topological polar surface area (TPSA) is 116 Å². The van der Waals surface area contributed by atoms with Gasteiger partial charge in [0.1, 0.15) is 6.04 Å². The molecule has 1 heterocycles. The summed E-state index contributed by atoms with van der Waals surface area (Å²) in [6, 6.07) is -2.14. The highest BCUT2D eigenvalue weighted by Gasteiger charge is 2.37. The van der Waals surface area contributed by atoms with Gasteiger partial charge in [0.15, 0.2) is 0 Å². The van der Waals surface area contributed by atoms with Crippen LogP contribution in [0.15, 0.2) is 0 Å². The summed E-state index contributed by atoms with van der Waals surface area (Å²) in [5.74, 6) is -2.62. The first-order valence-electron chi connectivity index (χ1n) is 5.84. The van der Waals surface area contributed by atoms with Crippen LogP contribution in [0.4, 0.5) is 4.79 Å². The summed E-state index contributed by atoms with van der Waals surface area (Å²) >= 11 is 0. The number of likely N-dealkylation sites (N-methyl/N-ethyl adjacent to an activating group) is 1. The quantitative estimate of drug-likeness (QED) is 0.576. The predicted octanol–water partition coefficient (Wildman–Crippen LogP) is -0.848. The molecule has 1 saturated heterocycles. The van der Waals surface area contributed by atoms with Crippen LogP contribution in [0.5, 0.6) is 0 Å². The highest BCUT2D eigenvalue weighted by Crippen LogP contribution is 2.10. The number of nitrogens with one attached hydrogen (secondary N) is 2. The Kier molecular flexibility index (Phi) is 4.47. The van der Waals surface area contributed by atoms with Crippen LogP contribution in [0.25, 0.3) is 0 Å². The van der Waals surface area contributed by atoms with Gasteiger partial charge in [-0.05, 0) is 13.8 Å². The summed E-state index contributed by atoms with van der Waals surface area (Å²) in [7, 11) is 1.35. The van der Waals surface area contributed by atoms with Gasteiger partial charge in [0.05, 0.1) is 12.3 Å². The van der Waals surface area contributed by atoms with Crippen molar-refractivity contribution < 1.29 is 24.3 Å². The maximum atomic E-state index is 11.6. The summed E-state index contributed by atoms with van der Waals surface area (Å²) in [5, 5.41) is 13.6. The molecule has 3 atom stereocenters. The number of likely N-dealkylation sites (tertiary alicyclic amines) is 1. The largest absolute Gasteiger partial charge is 0.481 e. The van der Waals surface area contributed by atoms with E-state index in [1.807, 2.05) is 0 Å². The minimum atomic E-state index is -1.03. The average Bonchev–Trinajstić information content (AvgIpc) is 2.55. The number of carboxylic acids is 1. The number of nitrogens with zero attached hydrogens (tertiary/aromatic N) is 1. The van der Waals surface area contributed by atoms with E-state index in [0.717, 1.165) is 4.90 Å². The molecule has 0 aliphatic carbocycles. The van der Waals surface area contributed by atoms with E-state index in [0.29, 0.717) is 0 Å². The van der Waals surface area contributed by atoms with Crippen molar-refractivity contribution >= 4 is 23.8 Å². The average molecular weight is 271 g/mol. The Morgan fingerprint density at radius 3 is 2.37 bits per heavy atom. The Morgan fingerprint density at radius 2 is 1.95 bits per heavy atom. The SMILES string of the molecule is CC(NC(=O)NC1CC(=O)N(C)C1=O)C(C)C(=O)O. The van der Waals surface area contributed by atoms with Crippen LogP contribution in [0.1, 0.15) is 20.3 Å². The van der Waals surface area contributed by atoms with Crippen molar-refractivity contribution in [3.63, 3.8) is 0 Å². The van der Waals surface area contributed by atoms with Crippen molar-refractivity contribution in [1.29, 1.82) is 0 Å². The molecule has 4 amide bonds. The van der Waals surface area contributed by atoms with Crippen LogP contribution in [0, 0.1) is 5.92 Å². The van der Waals surface area contributed by atoms with Crippen molar-refractivity contribution in [3.8, 4) is 0 Å². The fourth-order valence-electron chi connectivity index (χ4n) is 1.61. The number of amides is 4. The molecule has 0 bridgehead atoms. The maximum Gasteiger partial charge on any atom is 0.315 e. The van der Waals surface area contributed by atoms with Crippen molar-refractivity contribution in [2.45, 2.75) is 32.4 Å². The van der Waals surface area contributed by atoms with Gasteiger partial charge in [0.2, 0.25) is 5.91 Å². The lowest BCUT2D eigenvalue weighted by atomic mass is 10.0. The number of hydrogen-bond acceptors (Lipinski definition) is 4. The maximum absolute atomic E-state index is 11.6. The fourth-order valence-corrected chi connectivity index (χ4v) is 1.61. The first-order valence-corrected chi connectivity index (χ1v) is 5.84. The molecule has 106 valence electrons. The number of urea groups is 1. The Balaban J connectivity index is 2.51. The van der Waals surface area contributed by atoms with E-state index in [2.05, 4.69) is 10.6 Å². The summed E-state index contributed by atoms with van der Waals surface area (Å²) in [6.07, 6.45) is -0.0778. The molecule has 1 aliphatic heterocycles. The van der Waals surface area contributed by atoms with E-state index in [4.69, 9.17) is 5.11 Å². The van der Waals surface area contributed by atoms with Gasteiger partial charge in [0, 0.05) is 13.1 Å². The zero-order chi connectivity index (χ0) is 14.7. The number of carboxylic acid groups (broad SMARTS) is 1. The zero-order valence-electron chi connectivity index (χ0n) is 11.0. The van der Waals surface area contributed by atoms with E-state index < -0.39 is 35.9 Å². The number of hydrogen-bond donors (Lipinski definition) is 3. The molecule has 0 aromatic heterocycles. The lowest BCUT2D eigenvalue weighted by Gasteiger charge is -2.19. The standard InChI is InChI=1S/C11H17N3O5/c1-5(10(17)18)6(2)12-11(19)13-7-4-8(15)14(3)9(7)16/h5-7H,4H2,1-3H3,(H,17,18)(H2,12,13,19). The van der Waals surface area contributed by atoms with Gasteiger partial charge < -0.3 is 15.7 Å². The third kappa shape index (κ3) is 3.43. The minimum absolute atomic E-state index is 0.0778. The number of carbonyl (C=O) groups excluding carboxylic acids is 3. The van der Waals surface area contributed by atoms with E-state index in [9.17, 15) is 19.2 Å². The van der Waals surface area contributed by atoms with Crippen molar-refractivity contribution in [1.82, 2.24) is 15.5 Å². The van der Waals surface area contributed by atoms with Crippen LogP contribution in [-0.2, 0) is 14.4 Å². The molecule has 1 aliphatic rings. The third-order valence-corrected chi connectivity index (χ3v) is 3.19. The van der Waals surface area contributed by atoms with E-state index >= 15 is 0 Å². The molecule has 0 aromatic rings. The number of carbonyl (C=O) groups is 4. The summed E-state index contributed by atoms with van der Waals surface area (Å²) < 4.78 is 0. The molecule has 1 fully saturated rings. The van der Waals surface area contributed by atoms with Gasteiger partial charge in [-0.2, -0.15) is 0 Å². The zero-order valence-corrected chi connectivity index (χ0v) is 11.0. The van der Waals surface area contributed by atoms with Crippen LogP contribution >= 0.6 is 0 Å². The smallest absolute Gasteiger partial charge is 0.315 e. The molecular weight excluding hydrogens is 254 g/mol. The lowest BCUT2D eigenvalue weighted by molar-refractivity contribution is -0.142. The van der Waals surface area contributed by atoms with Crippen LogP contribution in [0.3, 0.4) is 0 Å². The molecular formula is C11H17N3O5. The Bertz CT molecular complexity index is 423. The minimum Gasteiger partial charge on any atom is -0.481 e. The second-order valence-electron chi connectivity index (χ2n) is 4.58. The molecule has 8 nitrogen and oxygen atoms in total. The highest BCUT2D eigenvalue weighted by molar-refractivity contribution is 6.06. The van der Waals surface area contributed by atoms with Crippen molar-refractivity contribution in [3.05, 3.63) is 0 Å². The van der Waals surface area contributed by atoms with Gasteiger partial charge in [-0.25, -0.2) is 4.79 Å². The van der Waals surface area contributed by atoms with Crippen LogP contribution in [-0.4, -0.2) is 53.0 Å². The first-order chi connectivity index (χ1) is 8.73. The summed E-state index contributed by atoms with van der Waals surface area (Å²) in [6.45, 7) is 3.01. The van der Waals surface area contributed by atoms with E-state index in [1.54, 1.807) is 6.92 Å². The highest BCUT2D eigenvalue weighted by atomic mass is 16.4. The van der Waals surface area contributed by atoms with Crippen LogP contribution in [0.2, 0.25) is 0 Å². The Morgan fingerprint density at radius 1 is 1.37 bits per heavy atom. The molecule has 0 spiro atoms. The monoisotopic (exact) mass is 271 g/mol. The molecule has 19 heavy (non-hydrogen) atoms. The second-order valence-corrected chi connectivity index (χ2v) is 4.58. The molecule has 8 heteroatoms. The second kappa shape index (κ2) is 5.68. The fraction of sp³-hybridized carbons (Fsp3) is 0.636. The molecule has 3 N–H and O–H groups in total. The van der Waals surface area contributed by atoms with Gasteiger partial charge >= 0.3 is 12.0 Å². The number of imide groups is 1. The molecule has 0 radical (unpaired) electrons. The van der Waals surface area contributed by atoms with Gasteiger partial charge in [-0.15, -0.1) is 0 Å². The predicted molar refractivity (Wildman–Crippen MR) is 64.1 cm³/mol.